The first-order chi connectivity index (χ1) is 10.6. The van der Waals surface area contributed by atoms with E-state index in [4.69, 9.17) is 18.9 Å². The van der Waals surface area contributed by atoms with Gasteiger partial charge in [-0.05, 0) is 12.5 Å². The lowest BCUT2D eigenvalue weighted by atomic mass is 9.93. The Kier molecular flexibility index (Phi) is 3.87. The Bertz CT molecular complexity index is 597. The van der Waals surface area contributed by atoms with Crippen LogP contribution in [0.15, 0.2) is 6.07 Å². The first kappa shape index (κ1) is 15.0. The second-order valence-electron chi connectivity index (χ2n) is 5.57. The van der Waals surface area contributed by atoms with Gasteiger partial charge >= 0.3 is 5.97 Å². The van der Waals surface area contributed by atoms with E-state index in [1.165, 1.54) is 14.2 Å². The molecular weight excluding hydrogens is 288 g/mol. The van der Waals surface area contributed by atoms with Crippen molar-refractivity contribution in [3.05, 3.63) is 17.2 Å². The molecule has 0 aliphatic carbocycles. The van der Waals surface area contributed by atoms with Gasteiger partial charge in [-0.2, -0.15) is 0 Å². The topological polar surface area (TPSA) is 74.2 Å². The molecule has 6 nitrogen and oxygen atoms in total. The summed E-state index contributed by atoms with van der Waals surface area (Å²) >= 11 is 0. The number of carbonyl (C=O) groups is 1. The van der Waals surface area contributed by atoms with Gasteiger partial charge in [0.2, 0.25) is 5.75 Å². The molecule has 1 aromatic carbocycles. The van der Waals surface area contributed by atoms with Crippen molar-refractivity contribution < 1.29 is 28.8 Å². The van der Waals surface area contributed by atoms with Gasteiger partial charge < -0.3 is 24.1 Å². The summed E-state index contributed by atoms with van der Waals surface area (Å²) in [6.07, 6.45) is 1.98. The van der Waals surface area contributed by atoms with E-state index in [0.29, 0.717) is 17.7 Å². The zero-order valence-corrected chi connectivity index (χ0v) is 12.9. The van der Waals surface area contributed by atoms with Crippen LogP contribution in [-0.4, -0.2) is 37.5 Å². The van der Waals surface area contributed by atoms with Crippen LogP contribution < -0.4 is 9.47 Å². The van der Waals surface area contributed by atoms with Crippen molar-refractivity contribution in [1.82, 2.24) is 0 Å². The average Bonchev–Trinajstić information content (AvgIpc) is 2.89. The van der Waals surface area contributed by atoms with Crippen molar-refractivity contribution in [1.29, 1.82) is 0 Å². The molecule has 2 aliphatic heterocycles. The van der Waals surface area contributed by atoms with Crippen molar-refractivity contribution >= 4 is 5.97 Å². The largest absolute Gasteiger partial charge is 0.504 e. The number of methoxy groups -OCH3 is 2. The molecule has 120 valence electrons. The standard InChI is InChI=1S/C16H20O6/c1-4-5-8-6-11-14(21-8)9-7-10(19-2)15(20-3)13(17)12(9)16(18)22-11/h7-8,11,14,17H,4-6H2,1-3H3/t8-,11-,14-/m1/s1. The Hall–Kier alpha value is -1.95. The SMILES string of the molecule is CCC[C@@H]1C[C@H]2OC(=O)c3c(cc(OC)c(OC)c3O)[C@H]2O1. The number of hydrogen-bond acceptors (Lipinski definition) is 6. The van der Waals surface area contributed by atoms with Gasteiger partial charge in [0.15, 0.2) is 11.5 Å². The van der Waals surface area contributed by atoms with Crippen molar-refractivity contribution in [3.63, 3.8) is 0 Å². The van der Waals surface area contributed by atoms with Crippen LogP contribution in [0.5, 0.6) is 17.2 Å². The summed E-state index contributed by atoms with van der Waals surface area (Å²) in [5.41, 5.74) is 0.714. The Morgan fingerprint density at radius 1 is 1.36 bits per heavy atom. The maximum absolute atomic E-state index is 12.2. The summed E-state index contributed by atoms with van der Waals surface area (Å²) in [5.74, 6) is -0.312. The zero-order valence-electron chi connectivity index (χ0n) is 12.9. The van der Waals surface area contributed by atoms with Gasteiger partial charge in [0.1, 0.15) is 17.8 Å². The van der Waals surface area contributed by atoms with Crippen molar-refractivity contribution in [2.45, 2.75) is 44.5 Å². The van der Waals surface area contributed by atoms with Gasteiger partial charge in [-0.1, -0.05) is 13.3 Å². The molecule has 1 fully saturated rings. The summed E-state index contributed by atoms with van der Waals surface area (Å²) in [6, 6.07) is 1.69. The third-order valence-corrected chi connectivity index (χ3v) is 4.23. The minimum atomic E-state index is -0.546. The van der Waals surface area contributed by atoms with Gasteiger partial charge in [0.05, 0.1) is 20.3 Å². The number of benzene rings is 1. The van der Waals surface area contributed by atoms with Gasteiger partial charge in [0.25, 0.3) is 0 Å². The van der Waals surface area contributed by atoms with E-state index in [-0.39, 0.29) is 35.4 Å². The number of aromatic hydroxyl groups is 1. The Labute approximate surface area is 128 Å². The zero-order chi connectivity index (χ0) is 15.9. The van der Waals surface area contributed by atoms with Crippen molar-refractivity contribution in [2.24, 2.45) is 0 Å². The van der Waals surface area contributed by atoms with E-state index < -0.39 is 5.97 Å². The molecule has 3 atom stereocenters. The Morgan fingerprint density at radius 2 is 2.14 bits per heavy atom. The van der Waals surface area contributed by atoms with Crippen LogP contribution in [0.1, 0.15) is 48.2 Å². The highest BCUT2D eigenvalue weighted by Gasteiger charge is 2.46. The van der Waals surface area contributed by atoms with Crippen LogP contribution >= 0.6 is 0 Å². The monoisotopic (exact) mass is 308 g/mol. The highest BCUT2D eigenvalue weighted by atomic mass is 16.6. The van der Waals surface area contributed by atoms with E-state index in [1.807, 2.05) is 0 Å². The number of hydrogen-bond donors (Lipinski definition) is 1. The minimum absolute atomic E-state index is 0.0639. The molecule has 0 amide bonds. The van der Waals surface area contributed by atoms with Crippen molar-refractivity contribution in [2.75, 3.05) is 14.2 Å². The molecule has 6 heteroatoms. The van der Waals surface area contributed by atoms with Crippen LogP contribution in [0.25, 0.3) is 0 Å². The van der Waals surface area contributed by atoms with E-state index in [2.05, 4.69) is 6.92 Å². The highest BCUT2D eigenvalue weighted by molar-refractivity contribution is 5.97. The number of fused-ring (bicyclic) bond motifs is 3. The predicted octanol–water partition coefficient (Wildman–Crippen LogP) is 2.58. The van der Waals surface area contributed by atoms with Crippen LogP contribution in [-0.2, 0) is 9.47 Å². The van der Waals surface area contributed by atoms with Crippen LogP contribution in [0.4, 0.5) is 0 Å². The minimum Gasteiger partial charge on any atom is -0.504 e. The van der Waals surface area contributed by atoms with Crippen LogP contribution in [0.3, 0.4) is 0 Å². The number of phenolic OH excluding ortho intramolecular Hbond substituents is 1. The van der Waals surface area contributed by atoms with Crippen LogP contribution in [0.2, 0.25) is 0 Å². The molecule has 0 saturated carbocycles. The molecular formula is C16H20O6. The van der Waals surface area contributed by atoms with E-state index in [1.54, 1.807) is 6.07 Å². The summed E-state index contributed by atoms with van der Waals surface area (Å²) in [6.45, 7) is 2.09. The molecule has 2 heterocycles. The summed E-state index contributed by atoms with van der Waals surface area (Å²) < 4.78 is 21.8. The third-order valence-electron chi connectivity index (χ3n) is 4.23. The molecule has 0 radical (unpaired) electrons. The Morgan fingerprint density at radius 3 is 2.77 bits per heavy atom. The maximum atomic E-state index is 12.2. The fraction of sp³-hybridized carbons (Fsp3) is 0.562. The number of rotatable bonds is 4. The molecule has 0 aromatic heterocycles. The number of phenols is 1. The second-order valence-corrected chi connectivity index (χ2v) is 5.57. The smallest absolute Gasteiger partial charge is 0.342 e. The lowest BCUT2D eigenvalue weighted by Crippen LogP contribution is -2.29. The molecule has 3 rings (SSSR count). The molecule has 0 spiro atoms. The fourth-order valence-corrected chi connectivity index (χ4v) is 3.25. The van der Waals surface area contributed by atoms with Crippen LogP contribution in [0, 0.1) is 0 Å². The molecule has 1 saturated heterocycles. The molecule has 1 N–H and O–H groups in total. The van der Waals surface area contributed by atoms with Gasteiger partial charge in [-0.3, -0.25) is 0 Å². The Balaban J connectivity index is 2.07. The van der Waals surface area contributed by atoms with Crippen molar-refractivity contribution in [3.8, 4) is 17.2 Å². The second kappa shape index (κ2) is 5.68. The first-order valence-electron chi connectivity index (χ1n) is 7.44. The predicted molar refractivity (Wildman–Crippen MR) is 77.6 cm³/mol. The van der Waals surface area contributed by atoms with Gasteiger partial charge in [-0.15, -0.1) is 0 Å². The number of esters is 1. The van der Waals surface area contributed by atoms with E-state index >= 15 is 0 Å². The molecule has 0 unspecified atom stereocenters. The van der Waals surface area contributed by atoms with E-state index in [9.17, 15) is 9.90 Å². The van der Waals surface area contributed by atoms with Gasteiger partial charge in [0, 0.05) is 12.0 Å². The summed E-state index contributed by atoms with van der Waals surface area (Å²) in [4.78, 5) is 12.2. The molecule has 2 aliphatic rings. The van der Waals surface area contributed by atoms with E-state index in [0.717, 1.165) is 12.8 Å². The number of carbonyl (C=O) groups excluding carboxylic acids is 1. The summed E-state index contributed by atoms with van der Waals surface area (Å²) in [5, 5.41) is 10.3. The van der Waals surface area contributed by atoms with Gasteiger partial charge in [-0.25, -0.2) is 4.79 Å². The lowest BCUT2D eigenvalue weighted by molar-refractivity contribution is -0.0235. The fourth-order valence-electron chi connectivity index (χ4n) is 3.25. The lowest BCUT2D eigenvalue weighted by Gasteiger charge is -2.28. The maximum Gasteiger partial charge on any atom is 0.342 e. The third kappa shape index (κ3) is 2.18. The first-order valence-corrected chi connectivity index (χ1v) is 7.44. The molecule has 22 heavy (non-hydrogen) atoms. The summed E-state index contributed by atoms with van der Waals surface area (Å²) in [7, 11) is 2.89. The molecule has 1 aromatic rings. The molecule has 0 bridgehead atoms. The number of ether oxygens (including phenoxy) is 4. The average molecular weight is 308 g/mol. The normalized spacial score (nSPS) is 26.1. The quantitative estimate of drug-likeness (QED) is 0.862. The highest BCUT2D eigenvalue weighted by Crippen LogP contribution is 2.49.